The first-order chi connectivity index (χ1) is 10.7. The van der Waals surface area contributed by atoms with Crippen molar-refractivity contribution in [2.24, 2.45) is 11.7 Å². The molecule has 22 heavy (non-hydrogen) atoms. The molecule has 114 valence electrons. The molecule has 3 N–H and O–H groups in total. The molecule has 7 heteroatoms. The number of rotatable bonds is 3. The summed E-state index contributed by atoms with van der Waals surface area (Å²) >= 11 is 6.06. The van der Waals surface area contributed by atoms with Gasteiger partial charge in [0.1, 0.15) is 11.1 Å². The minimum Gasteiger partial charge on any atom is -0.453 e. The van der Waals surface area contributed by atoms with Crippen LogP contribution in [-0.4, -0.2) is 34.6 Å². The fourth-order valence-electron chi connectivity index (χ4n) is 2.86. The quantitative estimate of drug-likeness (QED) is 0.773. The van der Waals surface area contributed by atoms with Crippen molar-refractivity contribution in [3.63, 3.8) is 0 Å². The number of halogens is 1. The summed E-state index contributed by atoms with van der Waals surface area (Å²) in [4.78, 5) is 8.89. The van der Waals surface area contributed by atoms with Crippen molar-refractivity contribution in [3.8, 4) is 0 Å². The summed E-state index contributed by atoms with van der Waals surface area (Å²) < 4.78 is 5.73. The van der Waals surface area contributed by atoms with Crippen molar-refractivity contribution in [3.05, 3.63) is 29.4 Å². The van der Waals surface area contributed by atoms with Crippen LogP contribution in [0.1, 0.15) is 6.42 Å². The number of benzene rings is 1. The first kappa shape index (κ1) is 13.8. The molecule has 1 aliphatic heterocycles. The Hall–Kier alpha value is -1.89. The average Bonchev–Trinajstić information content (AvgIpc) is 3.11. The van der Waals surface area contributed by atoms with Crippen LogP contribution in [0.5, 0.6) is 0 Å². The van der Waals surface area contributed by atoms with E-state index in [1.807, 2.05) is 12.1 Å². The number of aromatic nitrogens is 2. The van der Waals surface area contributed by atoms with Gasteiger partial charge in [0.25, 0.3) is 0 Å². The highest BCUT2D eigenvalue weighted by Gasteiger charge is 2.22. The topological polar surface area (TPSA) is 80.2 Å². The Labute approximate surface area is 132 Å². The van der Waals surface area contributed by atoms with Crippen molar-refractivity contribution < 1.29 is 4.42 Å². The second-order valence-corrected chi connectivity index (χ2v) is 6.03. The minimum atomic E-state index is 0.532. The lowest BCUT2D eigenvalue weighted by Gasteiger charge is -2.16. The third kappa shape index (κ3) is 2.39. The molecule has 1 aromatic carbocycles. The molecule has 0 unspecified atom stereocenters. The highest BCUT2D eigenvalue weighted by Crippen LogP contribution is 2.29. The Morgan fingerprint density at radius 2 is 2.32 bits per heavy atom. The van der Waals surface area contributed by atoms with Gasteiger partial charge in [0.2, 0.25) is 5.95 Å². The number of hydrogen-bond acceptors (Lipinski definition) is 6. The summed E-state index contributed by atoms with van der Waals surface area (Å²) in [7, 11) is 0. The van der Waals surface area contributed by atoms with Gasteiger partial charge in [0, 0.05) is 23.5 Å². The van der Waals surface area contributed by atoms with Crippen molar-refractivity contribution in [1.82, 2.24) is 15.0 Å². The number of hydrogen-bond donors (Lipinski definition) is 2. The van der Waals surface area contributed by atoms with Crippen molar-refractivity contribution in [2.45, 2.75) is 6.42 Å². The number of nitrogens with zero attached hydrogens (tertiary/aromatic N) is 3. The lowest BCUT2D eigenvalue weighted by atomic mass is 10.1. The Morgan fingerprint density at radius 1 is 1.41 bits per heavy atom. The molecule has 0 aliphatic carbocycles. The van der Waals surface area contributed by atoms with Crippen LogP contribution in [0.15, 0.2) is 28.8 Å². The maximum Gasteiger partial charge on any atom is 0.238 e. The third-order valence-electron chi connectivity index (χ3n) is 4.05. The largest absolute Gasteiger partial charge is 0.453 e. The molecule has 1 aliphatic rings. The molecule has 6 nitrogen and oxygen atoms in total. The van der Waals surface area contributed by atoms with Gasteiger partial charge < -0.3 is 10.2 Å². The molecule has 0 saturated carbocycles. The fourth-order valence-corrected chi connectivity index (χ4v) is 3.03. The number of hydrazine groups is 1. The average molecular weight is 318 g/mol. The number of fused-ring (bicyclic) bond motifs is 3. The fraction of sp³-hybridized carbons (Fsp3) is 0.333. The molecule has 3 heterocycles. The molecule has 1 saturated heterocycles. The molecular weight excluding hydrogens is 302 g/mol. The second kappa shape index (κ2) is 5.39. The van der Waals surface area contributed by atoms with Crippen LogP contribution in [0.4, 0.5) is 5.95 Å². The highest BCUT2D eigenvalue weighted by atomic mass is 35.5. The van der Waals surface area contributed by atoms with Crippen LogP contribution in [0.2, 0.25) is 5.02 Å². The smallest absolute Gasteiger partial charge is 0.238 e. The van der Waals surface area contributed by atoms with E-state index in [0.29, 0.717) is 29.0 Å². The molecule has 3 aromatic rings. The molecule has 2 aromatic heterocycles. The Morgan fingerprint density at radius 3 is 3.14 bits per heavy atom. The first-order valence-electron chi connectivity index (χ1n) is 7.29. The van der Waals surface area contributed by atoms with Gasteiger partial charge in [-0.15, -0.1) is 0 Å². The molecular formula is C15H16ClN5O. The predicted molar refractivity (Wildman–Crippen MR) is 86.7 cm³/mol. The summed E-state index contributed by atoms with van der Waals surface area (Å²) in [5.41, 5.74) is 11.1. The summed E-state index contributed by atoms with van der Waals surface area (Å²) in [5.74, 6) is 1.10. The summed E-state index contributed by atoms with van der Waals surface area (Å²) in [6.07, 6.45) is 2.78. The Kier molecular flexibility index (Phi) is 3.37. The zero-order valence-corrected chi connectivity index (χ0v) is 12.7. The lowest BCUT2D eigenvalue weighted by Crippen LogP contribution is -2.29. The van der Waals surface area contributed by atoms with Gasteiger partial charge >= 0.3 is 0 Å². The SMILES string of the molecule is NC[C@H]1CCN(Nc2ncc3oc4ccc(Cl)cc4c3n2)C1. The van der Waals surface area contributed by atoms with Crippen LogP contribution < -0.4 is 11.2 Å². The molecule has 0 amide bonds. The first-order valence-corrected chi connectivity index (χ1v) is 7.67. The molecule has 0 bridgehead atoms. The van der Waals surface area contributed by atoms with E-state index < -0.39 is 0 Å². The molecule has 1 fully saturated rings. The number of nitrogens with two attached hydrogens (primary N) is 1. The standard InChI is InChI=1S/C15H16ClN5O/c16-10-1-2-12-11(5-10)14-13(22-12)7-18-15(19-14)20-21-4-3-9(6-17)8-21/h1-2,5,7,9H,3-4,6,8,17H2,(H,18,19,20)/t9-/m1/s1. The van der Waals surface area contributed by atoms with Crippen LogP contribution in [0.3, 0.4) is 0 Å². The van der Waals surface area contributed by atoms with E-state index in [2.05, 4.69) is 20.4 Å². The normalized spacial score (nSPS) is 19.3. The molecule has 0 spiro atoms. The molecule has 0 radical (unpaired) electrons. The Balaban J connectivity index is 1.67. The van der Waals surface area contributed by atoms with E-state index in [0.717, 1.165) is 36.0 Å². The number of anilines is 1. The van der Waals surface area contributed by atoms with Crippen LogP contribution >= 0.6 is 11.6 Å². The van der Waals surface area contributed by atoms with Crippen molar-refractivity contribution in [1.29, 1.82) is 0 Å². The zero-order valence-electron chi connectivity index (χ0n) is 11.9. The lowest BCUT2D eigenvalue weighted by molar-refractivity contribution is 0.387. The van der Waals surface area contributed by atoms with Gasteiger partial charge in [0.05, 0.1) is 6.20 Å². The van der Waals surface area contributed by atoms with Gasteiger partial charge in [-0.3, -0.25) is 5.43 Å². The second-order valence-electron chi connectivity index (χ2n) is 5.60. The monoisotopic (exact) mass is 317 g/mol. The summed E-state index contributed by atoms with van der Waals surface area (Å²) in [6, 6.07) is 5.51. The van der Waals surface area contributed by atoms with E-state index in [4.69, 9.17) is 21.8 Å². The number of furan rings is 1. The van der Waals surface area contributed by atoms with Crippen LogP contribution in [0, 0.1) is 5.92 Å². The van der Waals surface area contributed by atoms with Gasteiger partial charge in [-0.25, -0.2) is 15.0 Å². The van der Waals surface area contributed by atoms with E-state index in [1.54, 1.807) is 12.3 Å². The third-order valence-corrected chi connectivity index (χ3v) is 4.28. The number of nitrogens with one attached hydrogen (secondary N) is 1. The van der Waals surface area contributed by atoms with E-state index >= 15 is 0 Å². The van der Waals surface area contributed by atoms with Crippen LogP contribution in [-0.2, 0) is 0 Å². The van der Waals surface area contributed by atoms with Crippen molar-refractivity contribution in [2.75, 3.05) is 25.1 Å². The van der Waals surface area contributed by atoms with Crippen LogP contribution in [0.25, 0.3) is 22.1 Å². The van der Waals surface area contributed by atoms with Gasteiger partial charge in [0.15, 0.2) is 5.58 Å². The molecule has 4 rings (SSSR count). The minimum absolute atomic E-state index is 0.532. The summed E-state index contributed by atoms with van der Waals surface area (Å²) in [6.45, 7) is 2.57. The molecule has 1 atom stereocenters. The zero-order chi connectivity index (χ0) is 15.1. The van der Waals surface area contributed by atoms with Crippen molar-refractivity contribution >= 4 is 39.6 Å². The highest BCUT2D eigenvalue weighted by molar-refractivity contribution is 6.31. The maximum absolute atomic E-state index is 6.06. The van der Waals surface area contributed by atoms with Gasteiger partial charge in [-0.05, 0) is 37.1 Å². The maximum atomic E-state index is 6.06. The van der Waals surface area contributed by atoms with Gasteiger partial charge in [-0.1, -0.05) is 11.6 Å². The van der Waals surface area contributed by atoms with E-state index in [1.165, 1.54) is 0 Å². The Bertz CT molecular complexity index is 833. The van der Waals surface area contributed by atoms with E-state index in [-0.39, 0.29) is 0 Å². The van der Waals surface area contributed by atoms with Gasteiger partial charge in [-0.2, -0.15) is 0 Å². The predicted octanol–water partition coefficient (Wildman–Crippen LogP) is 2.64. The summed E-state index contributed by atoms with van der Waals surface area (Å²) in [5, 5.41) is 3.66. The van der Waals surface area contributed by atoms with E-state index in [9.17, 15) is 0 Å².